The number of anilines is 1. The van der Waals surface area contributed by atoms with Crippen molar-refractivity contribution in [2.75, 3.05) is 18.1 Å². The third-order valence-electron chi connectivity index (χ3n) is 5.26. The van der Waals surface area contributed by atoms with Crippen LogP contribution in [-0.2, 0) is 9.53 Å². The third-order valence-corrected chi connectivity index (χ3v) is 5.26. The highest BCUT2D eigenvalue weighted by Crippen LogP contribution is 2.38. The minimum Gasteiger partial charge on any atom is -0.345 e. The number of nitrogens with zero attached hydrogens (tertiary/aromatic N) is 2. The first kappa shape index (κ1) is 18.4. The van der Waals surface area contributed by atoms with Crippen molar-refractivity contribution >= 4 is 28.9 Å². The summed E-state index contributed by atoms with van der Waals surface area (Å²) in [5.74, 6) is -0.921. The van der Waals surface area contributed by atoms with E-state index < -0.39 is 17.5 Å². The van der Waals surface area contributed by atoms with Crippen molar-refractivity contribution in [2.45, 2.75) is 5.72 Å². The van der Waals surface area contributed by atoms with Crippen LogP contribution in [0.15, 0.2) is 89.9 Å². The molecule has 1 spiro atoms. The molecule has 1 atom stereocenters. The second-order valence-electron chi connectivity index (χ2n) is 7.08. The van der Waals surface area contributed by atoms with Crippen LogP contribution < -0.4 is 10.2 Å². The van der Waals surface area contributed by atoms with Crippen LogP contribution in [-0.4, -0.2) is 36.4 Å². The SMILES string of the molecule is O=C(c1ccccc1)N1C(=O)C2(NCCO2)C(c2ccccc2)=Nc2ccccc21. The van der Waals surface area contributed by atoms with Crippen molar-refractivity contribution in [2.24, 2.45) is 4.99 Å². The summed E-state index contributed by atoms with van der Waals surface area (Å²) in [6, 6.07) is 25.3. The number of benzene rings is 3. The molecule has 6 heteroatoms. The van der Waals surface area contributed by atoms with Crippen molar-refractivity contribution < 1.29 is 14.3 Å². The summed E-state index contributed by atoms with van der Waals surface area (Å²) in [5, 5.41) is 3.19. The van der Waals surface area contributed by atoms with Crippen LogP contribution in [0.1, 0.15) is 15.9 Å². The number of carbonyl (C=O) groups is 2. The van der Waals surface area contributed by atoms with Crippen molar-refractivity contribution in [1.29, 1.82) is 0 Å². The molecule has 0 aromatic heterocycles. The molecule has 2 amide bonds. The lowest BCUT2D eigenvalue weighted by atomic mass is 9.98. The molecule has 1 unspecified atom stereocenters. The Hall–Kier alpha value is -3.61. The summed E-state index contributed by atoms with van der Waals surface area (Å²) in [7, 11) is 0. The van der Waals surface area contributed by atoms with Gasteiger partial charge in [0.1, 0.15) is 5.71 Å². The molecular formula is C24H19N3O3. The van der Waals surface area contributed by atoms with Crippen molar-refractivity contribution in [1.82, 2.24) is 5.32 Å². The van der Waals surface area contributed by atoms with E-state index in [2.05, 4.69) is 5.32 Å². The summed E-state index contributed by atoms with van der Waals surface area (Å²) < 4.78 is 6.00. The highest BCUT2D eigenvalue weighted by Gasteiger charge is 2.53. The monoisotopic (exact) mass is 397 g/mol. The molecule has 3 aromatic rings. The van der Waals surface area contributed by atoms with Crippen molar-refractivity contribution in [3.8, 4) is 0 Å². The highest BCUT2D eigenvalue weighted by molar-refractivity contribution is 6.33. The fourth-order valence-electron chi connectivity index (χ4n) is 3.86. The Morgan fingerprint density at radius 2 is 1.60 bits per heavy atom. The second kappa shape index (κ2) is 7.33. The molecule has 2 aliphatic rings. The van der Waals surface area contributed by atoms with Gasteiger partial charge in [-0.3, -0.25) is 14.9 Å². The van der Waals surface area contributed by atoms with Crippen LogP contribution in [0.4, 0.5) is 11.4 Å². The van der Waals surface area contributed by atoms with E-state index in [4.69, 9.17) is 9.73 Å². The number of hydrogen-bond donors (Lipinski definition) is 1. The zero-order chi connectivity index (χ0) is 20.6. The van der Waals surface area contributed by atoms with E-state index in [1.54, 1.807) is 42.5 Å². The van der Waals surface area contributed by atoms with Gasteiger partial charge in [-0.25, -0.2) is 9.89 Å². The molecule has 1 N–H and O–H groups in total. The van der Waals surface area contributed by atoms with Crippen LogP contribution in [0.2, 0.25) is 0 Å². The number of fused-ring (bicyclic) bond motifs is 1. The molecule has 0 radical (unpaired) electrons. The molecule has 0 aliphatic carbocycles. The van der Waals surface area contributed by atoms with Gasteiger partial charge in [-0.2, -0.15) is 0 Å². The molecule has 1 fully saturated rings. The summed E-state index contributed by atoms with van der Waals surface area (Å²) in [6.45, 7) is 0.808. The number of amides is 2. The molecular weight excluding hydrogens is 378 g/mol. The number of hydrogen-bond acceptors (Lipinski definition) is 5. The van der Waals surface area contributed by atoms with Gasteiger partial charge in [-0.1, -0.05) is 60.7 Å². The van der Waals surface area contributed by atoms with Crippen LogP contribution in [0, 0.1) is 0 Å². The fourth-order valence-corrected chi connectivity index (χ4v) is 3.86. The lowest BCUT2D eigenvalue weighted by molar-refractivity contribution is -0.132. The summed E-state index contributed by atoms with van der Waals surface area (Å²) >= 11 is 0. The Morgan fingerprint density at radius 3 is 2.30 bits per heavy atom. The number of nitrogens with one attached hydrogen (secondary N) is 1. The van der Waals surface area contributed by atoms with Gasteiger partial charge >= 0.3 is 0 Å². The van der Waals surface area contributed by atoms with Gasteiger partial charge in [-0.05, 0) is 24.3 Å². The summed E-state index contributed by atoms with van der Waals surface area (Å²) in [5.41, 5.74) is 1.04. The number of carbonyl (C=O) groups excluding carboxylic acids is 2. The Morgan fingerprint density at radius 1 is 0.933 bits per heavy atom. The number of aliphatic imine (C=N–C) groups is 1. The zero-order valence-electron chi connectivity index (χ0n) is 16.1. The Labute approximate surface area is 173 Å². The lowest BCUT2D eigenvalue weighted by Crippen LogP contribution is -2.62. The molecule has 0 bridgehead atoms. The smallest absolute Gasteiger partial charge is 0.288 e. The fraction of sp³-hybridized carbons (Fsp3) is 0.125. The molecule has 148 valence electrons. The Bertz CT molecular complexity index is 1140. The first-order valence-electron chi connectivity index (χ1n) is 9.77. The van der Waals surface area contributed by atoms with E-state index >= 15 is 0 Å². The largest absolute Gasteiger partial charge is 0.345 e. The average Bonchev–Trinajstić information content (AvgIpc) is 3.27. The summed E-state index contributed by atoms with van der Waals surface area (Å²) in [4.78, 5) is 33.5. The second-order valence-corrected chi connectivity index (χ2v) is 7.08. The minimum atomic E-state index is -1.54. The van der Waals surface area contributed by atoms with Gasteiger partial charge in [-0.15, -0.1) is 0 Å². The quantitative estimate of drug-likeness (QED) is 0.674. The minimum absolute atomic E-state index is 0.335. The van der Waals surface area contributed by atoms with E-state index in [0.717, 1.165) is 5.56 Å². The molecule has 1 saturated heterocycles. The maximum absolute atomic E-state index is 14.0. The van der Waals surface area contributed by atoms with E-state index in [1.807, 2.05) is 42.5 Å². The van der Waals surface area contributed by atoms with Gasteiger partial charge in [0.2, 0.25) is 5.72 Å². The maximum Gasteiger partial charge on any atom is 0.288 e. The first-order valence-corrected chi connectivity index (χ1v) is 9.77. The molecule has 2 aliphatic heterocycles. The summed E-state index contributed by atoms with van der Waals surface area (Å²) in [6.07, 6.45) is 0. The molecule has 5 rings (SSSR count). The van der Waals surface area contributed by atoms with Crippen LogP contribution in [0.3, 0.4) is 0 Å². The van der Waals surface area contributed by atoms with Gasteiger partial charge in [0.15, 0.2) is 0 Å². The molecule has 2 heterocycles. The van der Waals surface area contributed by atoms with Crippen molar-refractivity contribution in [3.05, 3.63) is 96.1 Å². The van der Waals surface area contributed by atoms with Gasteiger partial charge < -0.3 is 4.74 Å². The van der Waals surface area contributed by atoms with E-state index in [0.29, 0.717) is 35.8 Å². The predicted molar refractivity (Wildman–Crippen MR) is 114 cm³/mol. The number of ether oxygens (including phenoxy) is 1. The first-order chi connectivity index (χ1) is 14.7. The van der Waals surface area contributed by atoms with Crippen LogP contribution >= 0.6 is 0 Å². The predicted octanol–water partition coefficient (Wildman–Crippen LogP) is 3.31. The van der Waals surface area contributed by atoms with Gasteiger partial charge in [0, 0.05) is 17.7 Å². The normalized spacial score (nSPS) is 20.6. The standard InChI is InChI=1S/C24H19N3O3/c28-22(18-11-5-2-6-12-18)27-20-14-8-7-13-19(20)26-21(17-9-3-1-4-10-17)24(23(27)29)25-15-16-30-24/h1-14,25H,15-16H2. The number of imide groups is 1. The van der Waals surface area contributed by atoms with E-state index in [-0.39, 0.29) is 0 Å². The number of para-hydroxylation sites is 2. The molecule has 6 nitrogen and oxygen atoms in total. The Balaban J connectivity index is 1.74. The topological polar surface area (TPSA) is 71.0 Å². The Kier molecular flexibility index (Phi) is 4.50. The van der Waals surface area contributed by atoms with E-state index in [9.17, 15) is 9.59 Å². The third kappa shape index (κ3) is 2.85. The van der Waals surface area contributed by atoms with Crippen LogP contribution in [0.5, 0.6) is 0 Å². The highest BCUT2D eigenvalue weighted by atomic mass is 16.5. The van der Waals surface area contributed by atoms with Crippen molar-refractivity contribution in [3.63, 3.8) is 0 Å². The number of rotatable bonds is 2. The average molecular weight is 397 g/mol. The lowest BCUT2D eigenvalue weighted by Gasteiger charge is -2.31. The van der Waals surface area contributed by atoms with Gasteiger partial charge in [0.25, 0.3) is 11.8 Å². The van der Waals surface area contributed by atoms with Gasteiger partial charge in [0.05, 0.1) is 18.0 Å². The van der Waals surface area contributed by atoms with E-state index in [1.165, 1.54) is 4.90 Å². The van der Waals surface area contributed by atoms with Crippen LogP contribution in [0.25, 0.3) is 0 Å². The molecule has 0 saturated carbocycles. The molecule has 30 heavy (non-hydrogen) atoms. The molecule has 3 aromatic carbocycles. The maximum atomic E-state index is 14.0. The zero-order valence-corrected chi connectivity index (χ0v) is 16.1.